The Kier molecular flexibility index (Phi) is 4.15. The van der Waals surface area contributed by atoms with Crippen molar-refractivity contribution in [3.63, 3.8) is 0 Å². The molecule has 2 bridgehead atoms. The van der Waals surface area contributed by atoms with E-state index in [1.165, 1.54) is 0 Å². The Morgan fingerprint density at radius 2 is 1.86 bits per heavy atom. The Balaban J connectivity index is 1.68. The Hall–Kier alpha value is -2.10. The van der Waals surface area contributed by atoms with Gasteiger partial charge < -0.3 is 9.47 Å². The highest BCUT2D eigenvalue weighted by molar-refractivity contribution is 5.99. The van der Waals surface area contributed by atoms with Crippen LogP contribution in [0.2, 0.25) is 0 Å². The third-order valence-electron chi connectivity index (χ3n) is 7.43. The molecule has 2 fully saturated rings. The van der Waals surface area contributed by atoms with Crippen molar-refractivity contribution < 1.29 is 19.1 Å². The number of esters is 2. The van der Waals surface area contributed by atoms with E-state index in [1.54, 1.807) is 0 Å². The molecule has 0 radical (unpaired) electrons. The number of allylic oxidation sites excluding steroid dienone is 5. The molecule has 0 amide bonds. The Labute approximate surface area is 166 Å². The molecule has 4 atom stereocenters. The fourth-order valence-electron chi connectivity index (χ4n) is 6.29. The molecule has 0 aromatic heterocycles. The number of carbonyl (C=O) groups excluding carboxylic acids is 2. The summed E-state index contributed by atoms with van der Waals surface area (Å²) in [6.45, 7) is 4.26. The molecule has 0 unspecified atom stereocenters. The van der Waals surface area contributed by atoms with Crippen LogP contribution in [0.1, 0.15) is 65.2 Å². The van der Waals surface area contributed by atoms with Crippen LogP contribution in [0, 0.1) is 23.2 Å². The smallest absolute Gasteiger partial charge is 0.340 e. The zero-order valence-electron chi connectivity index (χ0n) is 16.8. The van der Waals surface area contributed by atoms with Crippen LogP contribution in [0.5, 0.6) is 0 Å². The molecular formula is C24H28O4. The lowest BCUT2D eigenvalue weighted by molar-refractivity contribution is -0.135. The highest BCUT2D eigenvalue weighted by atomic mass is 16.5. The molecule has 2 heterocycles. The van der Waals surface area contributed by atoms with E-state index < -0.39 is 5.41 Å². The number of hydrogen-bond acceptors (Lipinski definition) is 4. The fraction of sp³-hybridized carbons (Fsp3) is 0.583. The van der Waals surface area contributed by atoms with E-state index in [1.807, 2.05) is 0 Å². The molecule has 4 heteroatoms. The predicted molar refractivity (Wildman–Crippen MR) is 105 cm³/mol. The van der Waals surface area contributed by atoms with Gasteiger partial charge in [-0.25, -0.2) is 9.59 Å². The summed E-state index contributed by atoms with van der Waals surface area (Å²) < 4.78 is 11.6. The van der Waals surface area contributed by atoms with Crippen LogP contribution >= 0.6 is 0 Å². The van der Waals surface area contributed by atoms with E-state index in [9.17, 15) is 9.59 Å². The van der Waals surface area contributed by atoms with Gasteiger partial charge in [-0.2, -0.15) is 0 Å². The van der Waals surface area contributed by atoms with Crippen molar-refractivity contribution in [2.75, 3.05) is 0 Å². The molecule has 0 aromatic carbocycles. The first-order chi connectivity index (χ1) is 13.6. The van der Waals surface area contributed by atoms with E-state index >= 15 is 0 Å². The predicted octanol–water partition coefficient (Wildman–Crippen LogP) is 5.13. The standard InChI is InChI=1S/C24H28O4/c1-3-5-7-18-16-10-9-15-14-11-12-24(21(15)20(16)23(26)27-18)17(13-14)22(25)28-19(24)8-6-4-2/h7-8,13-15,21H,3-6,9-12H2,1-2H3/b18-7+,19-8?/t14-,15-,21+,24+/m0/s1. The molecule has 4 nitrogen and oxygen atoms in total. The lowest BCUT2D eigenvalue weighted by Gasteiger charge is -2.54. The van der Waals surface area contributed by atoms with Gasteiger partial charge in [0.05, 0.1) is 5.41 Å². The van der Waals surface area contributed by atoms with Crippen molar-refractivity contribution in [2.45, 2.75) is 65.2 Å². The summed E-state index contributed by atoms with van der Waals surface area (Å²) in [5.74, 6) is 1.96. The second-order valence-corrected chi connectivity index (χ2v) is 8.82. The minimum Gasteiger partial charge on any atom is -0.427 e. The van der Waals surface area contributed by atoms with E-state index in [0.29, 0.717) is 11.8 Å². The Bertz CT molecular complexity index is 871. The number of carbonyl (C=O) groups is 2. The molecule has 6 aliphatic rings. The highest BCUT2D eigenvalue weighted by Gasteiger charge is 2.66. The van der Waals surface area contributed by atoms with E-state index in [2.05, 4.69) is 32.1 Å². The highest BCUT2D eigenvalue weighted by Crippen LogP contribution is 2.68. The molecule has 4 aliphatic carbocycles. The third kappa shape index (κ3) is 2.23. The fourth-order valence-corrected chi connectivity index (χ4v) is 6.29. The minimum absolute atomic E-state index is 0.0181. The second-order valence-electron chi connectivity index (χ2n) is 8.82. The molecule has 0 aromatic rings. The largest absolute Gasteiger partial charge is 0.427 e. The Morgan fingerprint density at radius 1 is 1.07 bits per heavy atom. The lowest BCUT2D eigenvalue weighted by Crippen LogP contribution is -2.50. The molecule has 6 rings (SSSR count). The molecule has 1 saturated carbocycles. The van der Waals surface area contributed by atoms with Crippen molar-refractivity contribution in [3.05, 3.63) is 46.5 Å². The summed E-state index contributed by atoms with van der Waals surface area (Å²) in [7, 11) is 0. The number of cyclic esters (lactones) is 2. The topological polar surface area (TPSA) is 52.6 Å². The zero-order chi connectivity index (χ0) is 19.5. The first kappa shape index (κ1) is 18.0. The van der Waals surface area contributed by atoms with Gasteiger partial charge in [0.1, 0.15) is 11.5 Å². The normalized spacial score (nSPS) is 38.4. The van der Waals surface area contributed by atoms with Crippen LogP contribution in [0.4, 0.5) is 0 Å². The average Bonchev–Trinajstić information content (AvgIpc) is 3.19. The van der Waals surface area contributed by atoms with Crippen LogP contribution in [0.15, 0.2) is 46.5 Å². The van der Waals surface area contributed by atoms with Crippen molar-refractivity contribution in [3.8, 4) is 0 Å². The van der Waals surface area contributed by atoms with Crippen molar-refractivity contribution in [2.24, 2.45) is 23.2 Å². The minimum atomic E-state index is -0.452. The van der Waals surface area contributed by atoms with E-state index in [-0.39, 0.29) is 17.9 Å². The molecule has 1 spiro atoms. The lowest BCUT2D eigenvalue weighted by atomic mass is 9.47. The maximum absolute atomic E-state index is 13.0. The maximum atomic E-state index is 13.0. The summed E-state index contributed by atoms with van der Waals surface area (Å²) in [6, 6.07) is 0. The van der Waals surface area contributed by atoms with Gasteiger partial charge in [0.25, 0.3) is 0 Å². The summed E-state index contributed by atoms with van der Waals surface area (Å²) in [5, 5.41) is 0. The summed E-state index contributed by atoms with van der Waals surface area (Å²) in [5.41, 5.74) is 2.29. The Morgan fingerprint density at radius 3 is 2.64 bits per heavy atom. The molecule has 148 valence electrons. The van der Waals surface area contributed by atoms with E-state index in [4.69, 9.17) is 9.47 Å². The van der Waals surface area contributed by atoms with Gasteiger partial charge in [-0.05, 0) is 62.5 Å². The van der Waals surface area contributed by atoms with Crippen LogP contribution in [0.3, 0.4) is 0 Å². The zero-order valence-corrected chi connectivity index (χ0v) is 16.8. The molecule has 2 aliphatic heterocycles. The van der Waals surface area contributed by atoms with Crippen molar-refractivity contribution in [1.82, 2.24) is 0 Å². The van der Waals surface area contributed by atoms with Crippen LogP contribution < -0.4 is 0 Å². The first-order valence-corrected chi connectivity index (χ1v) is 10.9. The molecular weight excluding hydrogens is 352 g/mol. The van der Waals surface area contributed by atoms with Gasteiger partial charge in [-0.3, -0.25) is 0 Å². The molecule has 0 N–H and O–H groups in total. The third-order valence-corrected chi connectivity index (χ3v) is 7.43. The monoisotopic (exact) mass is 380 g/mol. The number of unbranched alkanes of at least 4 members (excludes halogenated alkanes) is 2. The van der Waals surface area contributed by atoms with Crippen LogP contribution in [0.25, 0.3) is 0 Å². The number of ether oxygens (including phenoxy) is 2. The summed E-state index contributed by atoms with van der Waals surface area (Å²) in [4.78, 5) is 25.8. The maximum Gasteiger partial charge on any atom is 0.340 e. The number of hydrogen-bond donors (Lipinski definition) is 0. The van der Waals surface area contributed by atoms with Crippen molar-refractivity contribution in [1.29, 1.82) is 0 Å². The summed E-state index contributed by atoms with van der Waals surface area (Å²) in [6.07, 6.45) is 14.1. The van der Waals surface area contributed by atoms with Gasteiger partial charge in [0.15, 0.2) is 0 Å². The van der Waals surface area contributed by atoms with Gasteiger partial charge in [0.2, 0.25) is 0 Å². The average molecular weight is 380 g/mol. The summed E-state index contributed by atoms with van der Waals surface area (Å²) >= 11 is 0. The van der Waals surface area contributed by atoms with E-state index in [0.717, 1.165) is 79.6 Å². The van der Waals surface area contributed by atoms with Gasteiger partial charge >= 0.3 is 11.9 Å². The molecule has 28 heavy (non-hydrogen) atoms. The second kappa shape index (κ2) is 6.47. The number of rotatable bonds is 4. The van der Waals surface area contributed by atoms with Crippen LogP contribution in [-0.2, 0) is 19.1 Å². The van der Waals surface area contributed by atoms with Crippen molar-refractivity contribution >= 4 is 11.9 Å². The quantitative estimate of drug-likeness (QED) is 0.635. The van der Waals surface area contributed by atoms with Gasteiger partial charge in [-0.15, -0.1) is 0 Å². The number of fused-ring (bicyclic) bond motifs is 1. The van der Waals surface area contributed by atoms with Gasteiger partial charge in [0, 0.05) is 22.6 Å². The van der Waals surface area contributed by atoms with Crippen LogP contribution in [-0.4, -0.2) is 11.9 Å². The SMILES string of the molecule is CCCC=C1OC(=O)C2=C[C@@H]3CC[C@]12[C@H]1C2=C(CC[C@@H]31)/C(=C\CCC)OC2=O. The van der Waals surface area contributed by atoms with Gasteiger partial charge in [-0.1, -0.05) is 32.8 Å². The first-order valence-electron chi connectivity index (χ1n) is 10.9. The molecule has 1 saturated heterocycles.